The smallest absolute Gasteiger partial charge is 0.325 e. The quantitative estimate of drug-likeness (QED) is 0.191. The maximum Gasteiger partial charge on any atom is 0.325 e. The van der Waals surface area contributed by atoms with Gasteiger partial charge in [-0.2, -0.15) is 0 Å². The van der Waals surface area contributed by atoms with Crippen LogP contribution < -0.4 is 27.4 Å². The van der Waals surface area contributed by atoms with Crippen LogP contribution in [0.1, 0.15) is 19.8 Å². The second-order valence-corrected chi connectivity index (χ2v) is 5.20. The molecule has 3 atom stereocenters. The first-order chi connectivity index (χ1) is 11.6. The molecule has 0 aromatic carbocycles. The lowest BCUT2D eigenvalue weighted by Crippen LogP contribution is -2.54. The maximum atomic E-state index is 12.0. The third-order valence-electron chi connectivity index (χ3n) is 3.02. The van der Waals surface area contributed by atoms with E-state index >= 15 is 0 Å². The molecule has 0 heterocycles. The molecule has 0 bridgehead atoms. The number of carboxylic acid groups (broad SMARTS) is 1. The molecule has 142 valence electrons. The summed E-state index contributed by atoms with van der Waals surface area (Å²) in [4.78, 5) is 56.7. The van der Waals surface area contributed by atoms with Gasteiger partial charge in [-0.15, -0.1) is 0 Å². The predicted octanol–water partition coefficient (Wildman–Crippen LogP) is -4.24. The van der Waals surface area contributed by atoms with Crippen molar-refractivity contribution < 1.29 is 34.2 Å². The summed E-state index contributed by atoms with van der Waals surface area (Å²) < 4.78 is 0. The minimum Gasteiger partial charge on any atom is -0.480 e. The molecule has 0 saturated heterocycles. The van der Waals surface area contributed by atoms with Crippen molar-refractivity contribution >= 4 is 29.6 Å². The Labute approximate surface area is 143 Å². The molecule has 0 aliphatic rings. The molecule has 0 unspecified atom stereocenters. The van der Waals surface area contributed by atoms with Crippen molar-refractivity contribution in [2.75, 3.05) is 13.2 Å². The van der Waals surface area contributed by atoms with E-state index in [4.69, 9.17) is 21.7 Å². The zero-order valence-electron chi connectivity index (χ0n) is 13.7. The Kier molecular flexibility index (Phi) is 9.74. The Hall–Kier alpha value is -2.73. The Balaban J connectivity index is 4.69. The summed E-state index contributed by atoms with van der Waals surface area (Å²) >= 11 is 0. The fourth-order valence-corrected chi connectivity index (χ4v) is 1.56. The van der Waals surface area contributed by atoms with Crippen LogP contribution in [0.2, 0.25) is 0 Å². The molecule has 12 nitrogen and oxygen atoms in total. The van der Waals surface area contributed by atoms with Crippen molar-refractivity contribution in [1.82, 2.24) is 16.0 Å². The van der Waals surface area contributed by atoms with Gasteiger partial charge in [0, 0.05) is 6.42 Å². The molecule has 0 aliphatic heterocycles. The number of nitrogens with one attached hydrogen (secondary N) is 3. The summed E-state index contributed by atoms with van der Waals surface area (Å²) in [6.07, 6.45) is -0.354. The number of aliphatic hydroxyl groups is 1. The van der Waals surface area contributed by atoms with Gasteiger partial charge in [-0.25, -0.2) is 0 Å². The molecule has 0 aromatic heterocycles. The van der Waals surface area contributed by atoms with Crippen molar-refractivity contribution in [3.63, 3.8) is 0 Å². The molecule has 25 heavy (non-hydrogen) atoms. The van der Waals surface area contributed by atoms with Crippen LogP contribution >= 0.6 is 0 Å². The summed E-state index contributed by atoms with van der Waals surface area (Å²) in [6.45, 7) is 0.0607. The van der Waals surface area contributed by atoms with Crippen LogP contribution in [0.5, 0.6) is 0 Å². The van der Waals surface area contributed by atoms with Crippen LogP contribution in [0.4, 0.5) is 0 Å². The Morgan fingerprint density at radius 3 is 2.16 bits per heavy atom. The number of carboxylic acids is 1. The van der Waals surface area contributed by atoms with Crippen LogP contribution in [-0.2, 0) is 24.0 Å². The van der Waals surface area contributed by atoms with E-state index in [1.807, 2.05) is 0 Å². The van der Waals surface area contributed by atoms with Crippen molar-refractivity contribution in [2.24, 2.45) is 11.5 Å². The first-order valence-electron chi connectivity index (χ1n) is 7.33. The SMILES string of the molecule is C[C@H](NC(=O)CNC(=O)[C@H](CCC(N)=O)NC(=O)[C@@H](N)CO)C(=O)O. The Morgan fingerprint density at radius 1 is 1.08 bits per heavy atom. The molecular weight excluding hydrogens is 338 g/mol. The second-order valence-electron chi connectivity index (χ2n) is 5.20. The van der Waals surface area contributed by atoms with E-state index in [1.54, 1.807) is 0 Å². The van der Waals surface area contributed by atoms with Crippen molar-refractivity contribution in [3.05, 3.63) is 0 Å². The summed E-state index contributed by atoms with van der Waals surface area (Å²) in [7, 11) is 0. The van der Waals surface area contributed by atoms with E-state index in [0.717, 1.165) is 0 Å². The normalized spacial score (nSPS) is 13.9. The number of nitrogens with two attached hydrogens (primary N) is 2. The molecule has 9 N–H and O–H groups in total. The van der Waals surface area contributed by atoms with E-state index in [1.165, 1.54) is 6.92 Å². The molecule has 0 radical (unpaired) electrons. The number of aliphatic carboxylic acids is 1. The van der Waals surface area contributed by atoms with Gasteiger partial charge in [0.25, 0.3) is 0 Å². The van der Waals surface area contributed by atoms with E-state index < -0.39 is 60.9 Å². The summed E-state index contributed by atoms with van der Waals surface area (Å²) in [5.41, 5.74) is 10.3. The van der Waals surface area contributed by atoms with Crippen molar-refractivity contribution in [3.8, 4) is 0 Å². The zero-order valence-corrected chi connectivity index (χ0v) is 13.7. The number of amides is 4. The third-order valence-corrected chi connectivity index (χ3v) is 3.02. The van der Waals surface area contributed by atoms with E-state index in [2.05, 4.69) is 16.0 Å². The highest BCUT2D eigenvalue weighted by molar-refractivity contribution is 5.92. The monoisotopic (exact) mass is 361 g/mol. The van der Waals surface area contributed by atoms with Crippen LogP contribution in [0.15, 0.2) is 0 Å². The number of carbonyl (C=O) groups excluding carboxylic acids is 4. The summed E-state index contributed by atoms with van der Waals surface area (Å²) in [6, 6.07) is -3.61. The van der Waals surface area contributed by atoms with E-state index in [9.17, 15) is 24.0 Å². The highest BCUT2D eigenvalue weighted by Gasteiger charge is 2.24. The van der Waals surface area contributed by atoms with Gasteiger partial charge in [0.05, 0.1) is 13.2 Å². The van der Waals surface area contributed by atoms with E-state index in [-0.39, 0.29) is 12.8 Å². The summed E-state index contributed by atoms with van der Waals surface area (Å²) in [5.74, 6) is -4.32. The minimum atomic E-state index is -1.26. The second kappa shape index (κ2) is 10.9. The van der Waals surface area contributed by atoms with Gasteiger partial charge < -0.3 is 37.6 Å². The molecule has 0 saturated carbocycles. The van der Waals surface area contributed by atoms with Gasteiger partial charge in [-0.1, -0.05) is 0 Å². The number of primary amides is 1. The van der Waals surface area contributed by atoms with Crippen molar-refractivity contribution in [1.29, 1.82) is 0 Å². The minimum absolute atomic E-state index is 0.141. The molecule has 4 amide bonds. The number of hydrogen-bond donors (Lipinski definition) is 7. The first-order valence-corrected chi connectivity index (χ1v) is 7.33. The van der Waals surface area contributed by atoms with Gasteiger partial charge in [0.1, 0.15) is 18.1 Å². The number of aliphatic hydroxyl groups excluding tert-OH is 1. The molecule has 0 fully saturated rings. The lowest BCUT2D eigenvalue weighted by Gasteiger charge is -2.19. The average molecular weight is 361 g/mol. The third kappa shape index (κ3) is 9.22. The van der Waals surface area contributed by atoms with Gasteiger partial charge in [-0.05, 0) is 13.3 Å². The topological polar surface area (TPSA) is 214 Å². The number of hydrogen-bond acceptors (Lipinski definition) is 7. The standard InChI is InChI=1S/C13H23N5O7/c1-6(13(24)25)17-10(21)4-16-12(23)8(2-3-9(15)20)18-11(22)7(14)5-19/h6-8,19H,2-5,14H2,1H3,(H2,15,20)(H,16,23)(H,17,21)(H,18,22)(H,24,25)/t6-,7-,8-/m0/s1. The van der Waals surface area contributed by atoms with Crippen molar-refractivity contribution in [2.45, 2.75) is 37.9 Å². The first kappa shape index (κ1) is 22.3. The highest BCUT2D eigenvalue weighted by atomic mass is 16.4. The molecule has 12 heteroatoms. The maximum absolute atomic E-state index is 12.0. The van der Waals surface area contributed by atoms with Gasteiger partial charge in [0.15, 0.2) is 0 Å². The summed E-state index contributed by atoms with van der Waals surface area (Å²) in [5, 5.41) is 24.0. The fraction of sp³-hybridized carbons (Fsp3) is 0.615. The average Bonchev–Trinajstić information content (AvgIpc) is 2.54. The molecule has 0 aliphatic carbocycles. The number of rotatable bonds is 11. The molecule has 0 aromatic rings. The van der Waals surface area contributed by atoms with Gasteiger partial charge in [0.2, 0.25) is 23.6 Å². The zero-order chi connectivity index (χ0) is 19.6. The molecule has 0 spiro atoms. The lowest BCUT2D eigenvalue weighted by atomic mass is 10.1. The predicted molar refractivity (Wildman–Crippen MR) is 83.7 cm³/mol. The molecule has 0 rings (SSSR count). The Morgan fingerprint density at radius 2 is 1.68 bits per heavy atom. The molecular formula is C13H23N5O7. The van der Waals surface area contributed by atoms with Gasteiger partial charge in [-0.3, -0.25) is 24.0 Å². The lowest BCUT2D eigenvalue weighted by molar-refractivity contribution is -0.141. The van der Waals surface area contributed by atoms with Gasteiger partial charge >= 0.3 is 5.97 Å². The van der Waals surface area contributed by atoms with Crippen LogP contribution in [0.25, 0.3) is 0 Å². The number of carbonyl (C=O) groups is 5. The Bertz CT molecular complexity index is 525. The van der Waals surface area contributed by atoms with Crippen LogP contribution in [0, 0.1) is 0 Å². The van der Waals surface area contributed by atoms with E-state index in [0.29, 0.717) is 0 Å². The van der Waals surface area contributed by atoms with Crippen LogP contribution in [-0.4, -0.2) is 71.1 Å². The highest BCUT2D eigenvalue weighted by Crippen LogP contribution is 1.98. The van der Waals surface area contributed by atoms with Crippen LogP contribution in [0.3, 0.4) is 0 Å². The largest absolute Gasteiger partial charge is 0.480 e. The fourth-order valence-electron chi connectivity index (χ4n) is 1.56.